The second kappa shape index (κ2) is 9.33. The third kappa shape index (κ3) is 5.40. The Hall–Kier alpha value is -3.50. The Morgan fingerprint density at radius 1 is 0.969 bits per heavy atom. The fraction of sp³-hybridized carbons (Fsp3) is 0.0909. The number of methoxy groups -OCH3 is 1. The summed E-state index contributed by atoms with van der Waals surface area (Å²) < 4.78 is 53.5. The average Bonchev–Trinajstić information content (AvgIpc) is 3.25. The van der Waals surface area contributed by atoms with Gasteiger partial charge in [-0.2, -0.15) is 9.36 Å². The van der Waals surface area contributed by atoms with Gasteiger partial charge in [0.2, 0.25) is 20.1 Å². The van der Waals surface area contributed by atoms with Crippen molar-refractivity contribution in [1.29, 1.82) is 0 Å². The van der Waals surface area contributed by atoms with Gasteiger partial charge in [-0.15, -0.1) is 0 Å². The molecule has 0 atom stereocenters. The summed E-state index contributed by atoms with van der Waals surface area (Å²) in [6.07, 6.45) is 0. The van der Waals surface area contributed by atoms with Crippen molar-refractivity contribution < 1.29 is 22.3 Å². The zero-order valence-corrected chi connectivity index (χ0v) is 18.5. The Labute approximate surface area is 188 Å². The molecule has 0 bridgehead atoms. The molecule has 7 nitrogen and oxygen atoms in total. The highest BCUT2D eigenvalue weighted by Crippen LogP contribution is 2.26. The highest BCUT2D eigenvalue weighted by molar-refractivity contribution is 7.92. The topological polar surface area (TPSA) is 90.4 Å². The van der Waals surface area contributed by atoms with Crippen LogP contribution in [0.25, 0.3) is 0 Å². The number of anilines is 2. The van der Waals surface area contributed by atoms with Crippen LogP contribution in [0.1, 0.15) is 5.56 Å². The van der Waals surface area contributed by atoms with E-state index in [9.17, 15) is 12.8 Å². The maximum atomic E-state index is 13.0. The molecule has 1 heterocycles. The van der Waals surface area contributed by atoms with Gasteiger partial charge in [0.1, 0.15) is 23.1 Å². The van der Waals surface area contributed by atoms with E-state index >= 15 is 0 Å². The number of halogens is 1. The predicted octanol–water partition coefficient (Wildman–Crippen LogP) is 5.20. The molecule has 3 aromatic carbocycles. The number of hydrogen-bond acceptors (Lipinski definition) is 8. The van der Waals surface area contributed by atoms with E-state index in [4.69, 9.17) is 9.47 Å². The molecule has 32 heavy (non-hydrogen) atoms. The highest BCUT2D eigenvalue weighted by atomic mass is 32.2. The molecule has 0 unspecified atom stereocenters. The monoisotopic (exact) mass is 471 g/mol. The summed E-state index contributed by atoms with van der Waals surface area (Å²) in [5, 5.41) is 2.97. The average molecular weight is 472 g/mol. The molecule has 4 rings (SSSR count). The van der Waals surface area contributed by atoms with Crippen molar-refractivity contribution in [3.63, 3.8) is 0 Å². The third-order valence-corrected chi connectivity index (χ3v) is 7.16. The number of ether oxygens (including phenoxy) is 2. The number of rotatable bonds is 8. The van der Waals surface area contributed by atoms with Crippen LogP contribution in [0.5, 0.6) is 17.2 Å². The van der Waals surface area contributed by atoms with Gasteiger partial charge in [0.15, 0.2) is 0 Å². The van der Waals surface area contributed by atoms with Crippen molar-refractivity contribution in [2.45, 2.75) is 10.1 Å². The Morgan fingerprint density at radius 2 is 1.69 bits per heavy atom. The largest absolute Gasteiger partial charge is 0.497 e. The lowest BCUT2D eigenvalue weighted by Gasteiger charge is -2.07. The van der Waals surface area contributed by atoms with Crippen molar-refractivity contribution in [3.05, 3.63) is 84.2 Å². The van der Waals surface area contributed by atoms with Crippen LogP contribution in [0.15, 0.2) is 77.1 Å². The van der Waals surface area contributed by atoms with Crippen LogP contribution in [0.4, 0.5) is 16.0 Å². The minimum Gasteiger partial charge on any atom is -0.497 e. The standard InChI is InChI=1S/C22H18FN3O4S2/c1-29-18-11-7-17(8-12-18)24-21-25-22(31-26-21)32(27,28)14-15-3-2-4-20(13-15)30-19-9-5-16(23)6-10-19/h2-13H,14H2,1H3,(H,24,26). The van der Waals surface area contributed by atoms with Gasteiger partial charge in [-0.25, -0.2) is 12.8 Å². The van der Waals surface area contributed by atoms with Gasteiger partial charge in [-0.1, -0.05) is 12.1 Å². The fourth-order valence-corrected chi connectivity index (χ4v) is 4.90. The van der Waals surface area contributed by atoms with Gasteiger partial charge in [0, 0.05) is 17.2 Å². The molecule has 0 fully saturated rings. The summed E-state index contributed by atoms with van der Waals surface area (Å²) in [4.78, 5) is 4.12. The summed E-state index contributed by atoms with van der Waals surface area (Å²) in [7, 11) is -2.14. The molecular formula is C22H18FN3O4S2. The van der Waals surface area contributed by atoms with Crippen LogP contribution < -0.4 is 14.8 Å². The molecule has 1 aromatic heterocycles. The summed E-state index contributed by atoms with van der Waals surface area (Å²) in [6, 6.07) is 19.4. The molecule has 1 N–H and O–H groups in total. The van der Waals surface area contributed by atoms with Gasteiger partial charge < -0.3 is 14.8 Å². The Balaban J connectivity index is 1.45. The first-order chi connectivity index (χ1) is 15.4. The molecule has 0 spiro atoms. The van der Waals surface area contributed by atoms with E-state index in [2.05, 4.69) is 14.7 Å². The van der Waals surface area contributed by atoms with Gasteiger partial charge in [0.05, 0.1) is 12.9 Å². The molecule has 0 aliphatic heterocycles. The van der Waals surface area contributed by atoms with Crippen LogP contribution in [0.3, 0.4) is 0 Å². The molecule has 0 saturated carbocycles. The van der Waals surface area contributed by atoms with Crippen LogP contribution in [-0.2, 0) is 15.6 Å². The van der Waals surface area contributed by atoms with Crippen LogP contribution in [-0.4, -0.2) is 24.9 Å². The SMILES string of the molecule is COc1ccc(Nc2nsc(S(=O)(=O)Cc3cccc(Oc4ccc(F)cc4)c3)n2)cc1. The minimum atomic E-state index is -3.71. The molecular weight excluding hydrogens is 453 g/mol. The van der Waals surface area contributed by atoms with E-state index in [0.29, 0.717) is 28.5 Å². The second-order valence-corrected chi connectivity index (χ2v) is 9.62. The molecule has 0 saturated heterocycles. The zero-order chi connectivity index (χ0) is 22.6. The first kappa shape index (κ1) is 21.7. The smallest absolute Gasteiger partial charge is 0.240 e. The Morgan fingerprint density at radius 3 is 2.41 bits per heavy atom. The summed E-state index contributed by atoms with van der Waals surface area (Å²) in [5.41, 5.74) is 1.24. The number of benzene rings is 3. The maximum absolute atomic E-state index is 13.0. The first-order valence-electron chi connectivity index (χ1n) is 9.41. The lowest BCUT2D eigenvalue weighted by Crippen LogP contribution is -2.05. The van der Waals surface area contributed by atoms with E-state index in [1.807, 2.05) is 0 Å². The van der Waals surface area contributed by atoms with Crippen LogP contribution in [0, 0.1) is 5.82 Å². The summed E-state index contributed by atoms with van der Waals surface area (Å²) in [5.74, 6) is 1.18. The number of nitrogens with zero attached hydrogens (tertiary/aromatic N) is 2. The Kier molecular flexibility index (Phi) is 6.33. The van der Waals surface area contributed by atoms with E-state index in [1.165, 1.54) is 24.3 Å². The molecule has 4 aromatic rings. The lowest BCUT2D eigenvalue weighted by atomic mass is 10.2. The van der Waals surface area contributed by atoms with Gasteiger partial charge in [-0.3, -0.25) is 0 Å². The number of hydrogen-bond donors (Lipinski definition) is 1. The molecule has 0 amide bonds. The van der Waals surface area contributed by atoms with Crippen LogP contribution in [0.2, 0.25) is 0 Å². The molecule has 0 aliphatic rings. The predicted molar refractivity (Wildman–Crippen MR) is 120 cm³/mol. The van der Waals surface area contributed by atoms with Crippen molar-refractivity contribution in [2.24, 2.45) is 0 Å². The van der Waals surface area contributed by atoms with E-state index in [0.717, 1.165) is 11.5 Å². The summed E-state index contributed by atoms with van der Waals surface area (Å²) in [6.45, 7) is 0. The zero-order valence-electron chi connectivity index (χ0n) is 16.9. The van der Waals surface area contributed by atoms with Gasteiger partial charge >= 0.3 is 0 Å². The van der Waals surface area contributed by atoms with E-state index in [-0.39, 0.29) is 21.9 Å². The van der Waals surface area contributed by atoms with Crippen molar-refractivity contribution in [3.8, 4) is 17.2 Å². The van der Waals surface area contributed by atoms with Crippen molar-refractivity contribution in [2.75, 3.05) is 12.4 Å². The number of nitrogens with one attached hydrogen (secondary N) is 1. The molecule has 0 radical (unpaired) electrons. The van der Waals surface area contributed by atoms with E-state index in [1.54, 1.807) is 55.6 Å². The summed E-state index contributed by atoms with van der Waals surface area (Å²) >= 11 is 0.808. The minimum absolute atomic E-state index is 0.0848. The molecule has 10 heteroatoms. The number of aromatic nitrogens is 2. The quantitative estimate of drug-likeness (QED) is 0.378. The van der Waals surface area contributed by atoms with Gasteiger partial charge in [0.25, 0.3) is 0 Å². The van der Waals surface area contributed by atoms with Crippen molar-refractivity contribution >= 4 is 33.0 Å². The first-order valence-corrected chi connectivity index (χ1v) is 11.8. The maximum Gasteiger partial charge on any atom is 0.240 e. The normalized spacial score (nSPS) is 11.2. The molecule has 0 aliphatic carbocycles. The second-order valence-electron chi connectivity index (χ2n) is 6.70. The van der Waals surface area contributed by atoms with Crippen molar-refractivity contribution in [1.82, 2.24) is 9.36 Å². The lowest BCUT2D eigenvalue weighted by molar-refractivity contribution is 0.415. The number of sulfone groups is 1. The highest BCUT2D eigenvalue weighted by Gasteiger charge is 2.21. The van der Waals surface area contributed by atoms with E-state index < -0.39 is 9.84 Å². The molecule has 164 valence electrons. The third-order valence-electron chi connectivity index (χ3n) is 4.32. The van der Waals surface area contributed by atoms with Crippen LogP contribution >= 0.6 is 11.5 Å². The Bertz CT molecular complexity index is 1310. The fourth-order valence-electron chi connectivity index (χ4n) is 2.81. The van der Waals surface area contributed by atoms with Gasteiger partial charge in [-0.05, 0) is 66.2 Å².